The highest BCUT2D eigenvalue weighted by atomic mass is 79.9. The Labute approximate surface area is 120 Å². The van der Waals surface area contributed by atoms with E-state index in [-0.39, 0.29) is 11.9 Å². The first-order valence-electron chi connectivity index (χ1n) is 5.89. The van der Waals surface area contributed by atoms with Crippen LogP contribution in [-0.2, 0) is 4.79 Å². The molecule has 98 valence electrons. The molecular weight excluding hydrogens is 318 g/mol. The van der Waals surface area contributed by atoms with Crippen LogP contribution in [0.3, 0.4) is 0 Å². The van der Waals surface area contributed by atoms with Gasteiger partial charge in [-0.1, -0.05) is 11.6 Å². The van der Waals surface area contributed by atoms with E-state index in [1.165, 1.54) is 0 Å². The number of hydrogen-bond donors (Lipinski definition) is 1. The average Bonchev–Trinajstić information content (AvgIpc) is 2.28. The van der Waals surface area contributed by atoms with Crippen molar-refractivity contribution in [2.24, 2.45) is 0 Å². The second-order valence-electron chi connectivity index (χ2n) is 4.44. The maximum atomic E-state index is 11.1. The molecule has 1 fully saturated rings. The Morgan fingerprint density at radius 1 is 1.67 bits per heavy atom. The molecule has 2 heterocycles. The molecule has 1 aliphatic rings. The van der Waals surface area contributed by atoms with Crippen molar-refractivity contribution in [3.05, 3.63) is 21.8 Å². The van der Waals surface area contributed by atoms with E-state index in [1.54, 1.807) is 13.1 Å². The third-order valence-corrected chi connectivity index (χ3v) is 3.71. The number of halogens is 2. The first-order valence-corrected chi connectivity index (χ1v) is 7.06. The molecule has 1 atom stereocenters. The largest absolute Gasteiger partial charge is 0.354 e. The van der Waals surface area contributed by atoms with Crippen LogP contribution in [0.25, 0.3) is 0 Å². The minimum atomic E-state index is 0.0185. The number of carbonyl (C=O) groups is 1. The molecule has 0 saturated carbocycles. The van der Waals surface area contributed by atoms with E-state index in [9.17, 15) is 4.79 Å². The van der Waals surface area contributed by atoms with Crippen LogP contribution >= 0.6 is 27.5 Å². The van der Waals surface area contributed by atoms with Gasteiger partial charge in [0.15, 0.2) is 0 Å². The van der Waals surface area contributed by atoms with Gasteiger partial charge in [0.1, 0.15) is 5.82 Å². The van der Waals surface area contributed by atoms with Gasteiger partial charge in [-0.2, -0.15) is 0 Å². The number of amides is 1. The lowest BCUT2D eigenvalue weighted by molar-refractivity contribution is -0.119. The van der Waals surface area contributed by atoms with E-state index >= 15 is 0 Å². The summed E-state index contributed by atoms with van der Waals surface area (Å²) in [6.45, 7) is 3.28. The van der Waals surface area contributed by atoms with Gasteiger partial charge in [-0.3, -0.25) is 4.79 Å². The van der Waals surface area contributed by atoms with Gasteiger partial charge in [-0.15, -0.1) is 0 Å². The Balaban J connectivity index is 2.10. The molecule has 1 N–H and O–H groups in total. The third kappa shape index (κ3) is 3.36. The van der Waals surface area contributed by atoms with Crippen LogP contribution in [0.1, 0.15) is 19.8 Å². The predicted octanol–water partition coefficient (Wildman–Crippen LogP) is 2.60. The number of carbonyl (C=O) groups excluding carboxylic acids is 1. The Bertz CT molecular complexity index is 455. The van der Waals surface area contributed by atoms with E-state index in [0.29, 0.717) is 5.02 Å². The summed E-state index contributed by atoms with van der Waals surface area (Å²) >= 11 is 9.36. The van der Waals surface area contributed by atoms with Gasteiger partial charge in [0.2, 0.25) is 5.91 Å². The van der Waals surface area contributed by atoms with Crippen molar-refractivity contribution in [1.29, 1.82) is 0 Å². The number of rotatable bonds is 2. The fraction of sp³-hybridized carbons (Fsp3) is 0.500. The normalized spacial score (nSPS) is 19.7. The molecule has 18 heavy (non-hydrogen) atoms. The van der Waals surface area contributed by atoms with Crippen molar-refractivity contribution in [3.63, 3.8) is 0 Å². The first-order chi connectivity index (χ1) is 8.56. The maximum Gasteiger partial charge on any atom is 0.217 e. The minimum absolute atomic E-state index is 0.0185. The summed E-state index contributed by atoms with van der Waals surface area (Å²) < 4.78 is 0.887. The summed E-state index contributed by atoms with van der Waals surface area (Å²) in [5.41, 5.74) is 0. The fourth-order valence-corrected chi connectivity index (χ4v) is 3.10. The lowest BCUT2D eigenvalue weighted by Gasteiger charge is -2.34. The number of nitrogens with one attached hydrogen (secondary N) is 1. The zero-order chi connectivity index (χ0) is 13.1. The number of aromatic nitrogens is 1. The first kappa shape index (κ1) is 13.6. The van der Waals surface area contributed by atoms with Crippen LogP contribution < -0.4 is 10.2 Å². The molecule has 0 aromatic carbocycles. The van der Waals surface area contributed by atoms with Crippen LogP contribution in [0.2, 0.25) is 5.02 Å². The molecular formula is C12H15BrClN3O. The lowest BCUT2D eigenvalue weighted by Crippen LogP contribution is -2.47. The highest BCUT2D eigenvalue weighted by Crippen LogP contribution is 2.28. The molecule has 0 aliphatic carbocycles. The summed E-state index contributed by atoms with van der Waals surface area (Å²) in [4.78, 5) is 17.6. The van der Waals surface area contributed by atoms with Gasteiger partial charge in [-0.05, 0) is 34.8 Å². The van der Waals surface area contributed by atoms with E-state index in [2.05, 4.69) is 31.1 Å². The number of hydrogen-bond acceptors (Lipinski definition) is 3. The van der Waals surface area contributed by atoms with Crippen LogP contribution in [0.15, 0.2) is 16.7 Å². The smallest absolute Gasteiger partial charge is 0.217 e. The van der Waals surface area contributed by atoms with E-state index in [4.69, 9.17) is 11.6 Å². The summed E-state index contributed by atoms with van der Waals surface area (Å²) in [6.07, 6.45) is 3.70. The van der Waals surface area contributed by atoms with Gasteiger partial charge >= 0.3 is 0 Å². The molecule has 4 nitrogen and oxygen atoms in total. The lowest BCUT2D eigenvalue weighted by atomic mass is 10.1. The maximum absolute atomic E-state index is 11.1. The summed E-state index contributed by atoms with van der Waals surface area (Å²) in [7, 11) is 0. The summed E-state index contributed by atoms with van der Waals surface area (Å²) in [5.74, 6) is 0.902. The number of piperidine rings is 1. The topological polar surface area (TPSA) is 45.2 Å². The number of nitrogens with zero attached hydrogens (tertiary/aromatic N) is 2. The van der Waals surface area contributed by atoms with E-state index in [0.717, 1.165) is 36.2 Å². The van der Waals surface area contributed by atoms with Gasteiger partial charge in [0, 0.05) is 32.3 Å². The molecule has 0 radical (unpaired) electrons. The molecule has 1 aromatic rings. The third-order valence-electron chi connectivity index (χ3n) is 2.92. The molecule has 6 heteroatoms. The highest BCUT2D eigenvalue weighted by molar-refractivity contribution is 9.10. The Hall–Kier alpha value is -0.810. The van der Waals surface area contributed by atoms with Crippen molar-refractivity contribution in [1.82, 2.24) is 10.3 Å². The zero-order valence-corrected chi connectivity index (χ0v) is 12.5. The second kappa shape index (κ2) is 5.89. The summed E-state index contributed by atoms with van der Waals surface area (Å²) in [5, 5.41) is 3.57. The van der Waals surface area contributed by atoms with Gasteiger partial charge in [-0.25, -0.2) is 4.98 Å². The van der Waals surface area contributed by atoms with Crippen molar-refractivity contribution in [2.75, 3.05) is 18.0 Å². The molecule has 0 bridgehead atoms. The molecule has 1 aromatic heterocycles. The number of pyridine rings is 1. The molecule has 1 unspecified atom stereocenters. The average molecular weight is 333 g/mol. The highest BCUT2D eigenvalue weighted by Gasteiger charge is 2.22. The molecule has 0 spiro atoms. The standard InChI is InChI=1S/C12H15BrClN3O/c1-8(18)16-10-3-2-4-17(7-10)12-11(13)5-9(14)6-15-12/h5-6,10H,2-4,7H2,1H3,(H,16,18). The second-order valence-corrected chi connectivity index (χ2v) is 5.74. The van der Waals surface area contributed by atoms with Crippen LogP contribution in [0, 0.1) is 0 Å². The molecule has 1 saturated heterocycles. The van der Waals surface area contributed by atoms with Gasteiger partial charge < -0.3 is 10.2 Å². The molecule has 1 amide bonds. The van der Waals surface area contributed by atoms with Crippen molar-refractivity contribution >= 4 is 39.3 Å². The quantitative estimate of drug-likeness (QED) is 0.905. The Morgan fingerprint density at radius 3 is 3.11 bits per heavy atom. The molecule has 2 rings (SSSR count). The van der Waals surface area contributed by atoms with Gasteiger partial charge in [0.25, 0.3) is 0 Å². The van der Waals surface area contributed by atoms with Crippen molar-refractivity contribution in [2.45, 2.75) is 25.8 Å². The van der Waals surface area contributed by atoms with Crippen molar-refractivity contribution < 1.29 is 4.79 Å². The number of anilines is 1. The fourth-order valence-electron chi connectivity index (χ4n) is 2.21. The SMILES string of the molecule is CC(=O)NC1CCCN(c2ncc(Cl)cc2Br)C1. The van der Waals surface area contributed by atoms with E-state index in [1.807, 2.05) is 6.07 Å². The Morgan fingerprint density at radius 2 is 2.44 bits per heavy atom. The molecule has 1 aliphatic heterocycles. The summed E-state index contributed by atoms with van der Waals surface area (Å²) in [6, 6.07) is 2.03. The van der Waals surface area contributed by atoms with Crippen molar-refractivity contribution in [3.8, 4) is 0 Å². The van der Waals surface area contributed by atoms with E-state index < -0.39 is 0 Å². The monoisotopic (exact) mass is 331 g/mol. The van der Waals surface area contributed by atoms with Crippen LogP contribution in [0.4, 0.5) is 5.82 Å². The minimum Gasteiger partial charge on any atom is -0.354 e. The van der Waals surface area contributed by atoms with Crippen LogP contribution in [0.5, 0.6) is 0 Å². The van der Waals surface area contributed by atoms with Crippen LogP contribution in [-0.4, -0.2) is 30.0 Å². The Kier molecular flexibility index (Phi) is 4.45. The zero-order valence-electron chi connectivity index (χ0n) is 10.1. The van der Waals surface area contributed by atoms with Gasteiger partial charge in [0.05, 0.1) is 9.50 Å². The predicted molar refractivity (Wildman–Crippen MR) is 76.0 cm³/mol.